The maximum Gasteiger partial charge on any atom is 0.410 e. The summed E-state index contributed by atoms with van der Waals surface area (Å²) in [6.07, 6.45) is 2.95. The molecule has 47 heavy (non-hydrogen) atoms. The number of benzene rings is 2. The molecule has 2 aromatic rings. The monoisotopic (exact) mass is 664 g/mol. The molecule has 0 bridgehead atoms. The molecule has 4 aliphatic rings. The fourth-order valence-electron chi connectivity index (χ4n) is 7.77. The van der Waals surface area contributed by atoms with Crippen LogP contribution in [-0.4, -0.2) is 109 Å². The standard InChI is InChI=1S/C37H49ClN4O5/c1-36(2,3)47-35(45)41-16-13-39(14-17-41)25-37(4)12-11-32(26-5-8-30(38)9-6-26)29(20-37)21-40-15-18-42-31(22-40)24-46-23-28-19-27(34(43)44)7-10-33(28)42/h5-10,19,31H,11-18,20-25H2,1-4H3,(H,43,44)/t31-,37+/m0/s1. The van der Waals surface area contributed by atoms with E-state index < -0.39 is 11.6 Å². The highest BCUT2D eigenvalue weighted by molar-refractivity contribution is 6.30. The van der Waals surface area contributed by atoms with Gasteiger partial charge in [0.2, 0.25) is 0 Å². The summed E-state index contributed by atoms with van der Waals surface area (Å²) in [5, 5.41) is 10.2. The summed E-state index contributed by atoms with van der Waals surface area (Å²) in [5.41, 5.74) is 6.20. The molecule has 1 N–H and O–H groups in total. The van der Waals surface area contributed by atoms with Gasteiger partial charge in [0.25, 0.3) is 0 Å². The van der Waals surface area contributed by atoms with E-state index in [9.17, 15) is 14.7 Å². The molecule has 254 valence electrons. The second-order valence-corrected chi connectivity index (χ2v) is 15.5. The molecule has 2 saturated heterocycles. The van der Waals surface area contributed by atoms with E-state index in [0.29, 0.717) is 31.9 Å². The van der Waals surface area contributed by atoms with Crippen LogP contribution in [0.15, 0.2) is 48.0 Å². The van der Waals surface area contributed by atoms with Gasteiger partial charge in [0.15, 0.2) is 0 Å². The smallest absolute Gasteiger partial charge is 0.410 e. The first-order valence-electron chi connectivity index (χ1n) is 17.0. The number of nitrogens with zero attached hydrogens (tertiary/aromatic N) is 4. The third kappa shape index (κ3) is 8.13. The molecule has 2 atom stereocenters. The van der Waals surface area contributed by atoms with Gasteiger partial charge in [0.1, 0.15) is 5.60 Å². The topological polar surface area (TPSA) is 85.8 Å². The van der Waals surface area contributed by atoms with Crippen molar-refractivity contribution in [2.24, 2.45) is 5.41 Å². The molecule has 2 fully saturated rings. The van der Waals surface area contributed by atoms with Crippen LogP contribution in [0.1, 0.15) is 68.4 Å². The largest absolute Gasteiger partial charge is 0.478 e. The Hall–Kier alpha value is -3.11. The number of hydrogen-bond acceptors (Lipinski definition) is 7. The summed E-state index contributed by atoms with van der Waals surface area (Å²) >= 11 is 6.29. The zero-order chi connectivity index (χ0) is 33.3. The Morgan fingerprint density at radius 3 is 2.45 bits per heavy atom. The number of carbonyl (C=O) groups excluding carboxylic acids is 1. The minimum absolute atomic E-state index is 0.132. The minimum atomic E-state index is -0.911. The van der Waals surface area contributed by atoms with Crippen LogP contribution < -0.4 is 4.90 Å². The van der Waals surface area contributed by atoms with Crippen LogP contribution in [0, 0.1) is 5.41 Å². The second-order valence-electron chi connectivity index (χ2n) is 15.1. The number of rotatable bonds is 6. The number of carboxylic acid groups (broad SMARTS) is 1. The molecule has 2 aromatic carbocycles. The van der Waals surface area contributed by atoms with Crippen LogP contribution in [0.25, 0.3) is 5.57 Å². The number of aromatic carboxylic acids is 1. The van der Waals surface area contributed by atoms with E-state index >= 15 is 0 Å². The molecule has 3 aliphatic heterocycles. The Labute approximate surface area is 284 Å². The van der Waals surface area contributed by atoms with Crippen LogP contribution in [-0.2, 0) is 16.1 Å². The van der Waals surface area contributed by atoms with Crippen molar-refractivity contribution in [3.63, 3.8) is 0 Å². The maximum atomic E-state index is 12.6. The van der Waals surface area contributed by atoms with Crippen LogP contribution in [0.3, 0.4) is 0 Å². The fourth-order valence-corrected chi connectivity index (χ4v) is 7.89. The lowest BCUT2D eigenvalue weighted by atomic mass is 9.71. The van der Waals surface area contributed by atoms with Gasteiger partial charge in [-0.25, -0.2) is 9.59 Å². The van der Waals surface area contributed by atoms with Crippen molar-refractivity contribution in [1.29, 1.82) is 0 Å². The number of allylic oxidation sites excluding steroid dienone is 1. The Bertz CT molecular complexity index is 1500. The quantitative estimate of drug-likeness (QED) is 0.388. The van der Waals surface area contributed by atoms with Gasteiger partial charge in [0, 0.05) is 75.2 Å². The molecule has 3 heterocycles. The van der Waals surface area contributed by atoms with Gasteiger partial charge in [-0.2, -0.15) is 0 Å². The van der Waals surface area contributed by atoms with E-state index in [4.69, 9.17) is 21.1 Å². The molecule has 10 heteroatoms. The molecule has 0 unspecified atom stereocenters. The molecule has 0 saturated carbocycles. The second kappa shape index (κ2) is 13.8. The highest BCUT2D eigenvalue weighted by Crippen LogP contribution is 2.44. The predicted octanol–water partition coefficient (Wildman–Crippen LogP) is 6.26. The van der Waals surface area contributed by atoms with Crippen molar-refractivity contribution in [3.8, 4) is 0 Å². The molecule has 9 nitrogen and oxygen atoms in total. The number of ether oxygens (including phenoxy) is 2. The SMILES string of the molecule is CC(C)(C)OC(=O)N1CCN(C[C@]2(C)CCC(c3ccc(Cl)cc3)=C(CN3CCN4c5ccc(C(=O)O)cc5COC[C@@H]4C3)C2)CC1. The van der Waals surface area contributed by atoms with Crippen LogP contribution in [0.4, 0.5) is 10.5 Å². The number of fused-ring (bicyclic) bond motifs is 3. The van der Waals surface area contributed by atoms with Gasteiger partial charge in [-0.15, -0.1) is 0 Å². The number of carboxylic acids is 1. The molecular weight excluding hydrogens is 616 g/mol. The number of carbonyl (C=O) groups is 2. The summed E-state index contributed by atoms with van der Waals surface area (Å²) in [5.74, 6) is -0.911. The lowest BCUT2D eigenvalue weighted by Crippen LogP contribution is -2.55. The lowest BCUT2D eigenvalue weighted by molar-refractivity contribution is 0.0104. The molecule has 6 rings (SSSR count). The average molecular weight is 665 g/mol. The highest BCUT2D eigenvalue weighted by Gasteiger charge is 2.37. The van der Waals surface area contributed by atoms with E-state index in [0.717, 1.165) is 81.3 Å². The van der Waals surface area contributed by atoms with Crippen molar-refractivity contribution in [3.05, 3.63) is 69.8 Å². The summed E-state index contributed by atoms with van der Waals surface area (Å²) in [6, 6.07) is 13.9. The molecule has 0 spiro atoms. The summed E-state index contributed by atoms with van der Waals surface area (Å²) in [4.78, 5) is 33.6. The highest BCUT2D eigenvalue weighted by atomic mass is 35.5. The first-order valence-corrected chi connectivity index (χ1v) is 17.3. The summed E-state index contributed by atoms with van der Waals surface area (Å²) in [7, 11) is 0. The van der Waals surface area contributed by atoms with Gasteiger partial charge in [-0.3, -0.25) is 9.80 Å². The van der Waals surface area contributed by atoms with Crippen LogP contribution in [0.2, 0.25) is 5.02 Å². The molecule has 1 aliphatic carbocycles. The fraction of sp³-hybridized carbons (Fsp3) is 0.568. The van der Waals surface area contributed by atoms with E-state index in [2.05, 4.69) is 33.8 Å². The Balaban J connectivity index is 1.15. The number of hydrogen-bond donors (Lipinski definition) is 1. The van der Waals surface area contributed by atoms with E-state index in [1.807, 2.05) is 43.9 Å². The third-order valence-corrected chi connectivity index (χ3v) is 10.3. The minimum Gasteiger partial charge on any atom is -0.478 e. The van der Waals surface area contributed by atoms with Crippen LogP contribution >= 0.6 is 11.6 Å². The zero-order valence-corrected chi connectivity index (χ0v) is 29.0. The average Bonchev–Trinajstić information content (AvgIpc) is 3.19. The van der Waals surface area contributed by atoms with Crippen molar-refractivity contribution in [2.75, 3.05) is 70.4 Å². The Morgan fingerprint density at radius 2 is 1.74 bits per heavy atom. The third-order valence-electron chi connectivity index (χ3n) is 10.1. The number of piperazine rings is 2. The Morgan fingerprint density at radius 1 is 1.02 bits per heavy atom. The molecule has 0 aromatic heterocycles. The predicted molar refractivity (Wildman–Crippen MR) is 185 cm³/mol. The zero-order valence-electron chi connectivity index (χ0n) is 28.3. The van der Waals surface area contributed by atoms with E-state index in [1.165, 1.54) is 16.7 Å². The van der Waals surface area contributed by atoms with E-state index in [-0.39, 0.29) is 17.6 Å². The van der Waals surface area contributed by atoms with Gasteiger partial charge >= 0.3 is 12.1 Å². The van der Waals surface area contributed by atoms with Gasteiger partial charge in [-0.05, 0) is 86.9 Å². The first-order chi connectivity index (χ1) is 22.4. The molecular formula is C37H49ClN4O5. The van der Waals surface area contributed by atoms with E-state index in [1.54, 1.807) is 12.1 Å². The Kier molecular flexibility index (Phi) is 9.91. The lowest BCUT2D eigenvalue weighted by Gasteiger charge is -2.45. The maximum absolute atomic E-state index is 12.6. The summed E-state index contributed by atoms with van der Waals surface area (Å²) < 4.78 is 11.7. The van der Waals surface area contributed by atoms with Crippen molar-refractivity contribution >= 4 is 34.9 Å². The molecule has 0 radical (unpaired) electrons. The normalized spacial score (nSPS) is 24.4. The van der Waals surface area contributed by atoms with Gasteiger partial charge in [-0.1, -0.05) is 36.2 Å². The van der Waals surface area contributed by atoms with Crippen molar-refractivity contribution < 1.29 is 24.2 Å². The van der Waals surface area contributed by atoms with Gasteiger partial charge < -0.3 is 24.4 Å². The number of halogens is 1. The summed E-state index contributed by atoms with van der Waals surface area (Å²) in [6.45, 7) is 16.9. The van der Waals surface area contributed by atoms with Crippen molar-refractivity contribution in [2.45, 2.75) is 65.2 Å². The first kappa shape index (κ1) is 33.8. The van der Waals surface area contributed by atoms with Gasteiger partial charge in [0.05, 0.1) is 24.8 Å². The molecule has 1 amide bonds. The van der Waals surface area contributed by atoms with Crippen molar-refractivity contribution in [1.82, 2.24) is 14.7 Å². The number of anilines is 1. The van der Waals surface area contributed by atoms with Crippen LogP contribution in [0.5, 0.6) is 0 Å². The number of amides is 1.